The second-order valence-electron chi connectivity index (χ2n) is 25.9. The molecule has 0 aromatic carbocycles. The molecule has 438 valence electrons. The molecular weight excluding hydrogens is 877 g/mol. The van der Waals surface area contributed by atoms with Crippen molar-refractivity contribution in [3.63, 3.8) is 0 Å². The molecule has 0 spiro atoms. The smallest absolute Gasteiger partial charge is 0.0414 e. The summed E-state index contributed by atoms with van der Waals surface area (Å²) in [6, 6.07) is 0. The predicted molar refractivity (Wildman–Crippen MR) is 337 cm³/mol. The van der Waals surface area contributed by atoms with Crippen molar-refractivity contribution >= 4 is 0 Å². The van der Waals surface area contributed by atoms with Gasteiger partial charge in [-0.2, -0.15) is 0 Å². The Morgan fingerprint density at radius 1 is 0.151 bits per heavy atom. The summed E-state index contributed by atoms with van der Waals surface area (Å²) in [5.41, 5.74) is 0. The zero-order valence-corrected chi connectivity index (χ0v) is 51.8. The van der Waals surface area contributed by atoms with Crippen LogP contribution >= 0.6 is 0 Å². The summed E-state index contributed by atoms with van der Waals surface area (Å²) in [4.78, 5) is 0. The van der Waals surface area contributed by atoms with Crippen molar-refractivity contribution in [2.75, 3.05) is 0 Å². The van der Waals surface area contributed by atoms with Crippen LogP contribution in [0.25, 0.3) is 0 Å². The molecule has 1 aliphatic carbocycles. The SMILES string of the molecule is CCCCCCCCCCCCCCCCCCCCCCCCCCCCCCCCCCCCCCCCCCCCCCCCCCCCCCCCCCCCCCCCCCCC1CCCCC1. The first-order valence-electron chi connectivity index (χ1n) is 36.4. The fourth-order valence-corrected chi connectivity index (χ4v) is 13.1. The molecule has 0 radical (unpaired) electrons. The molecule has 0 aromatic rings. The lowest BCUT2D eigenvalue weighted by molar-refractivity contribution is 0.328. The summed E-state index contributed by atoms with van der Waals surface area (Å²) in [6.07, 6.45) is 106. The van der Waals surface area contributed by atoms with E-state index in [9.17, 15) is 0 Å². The van der Waals surface area contributed by atoms with Crippen LogP contribution in [0.1, 0.15) is 463 Å². The molecule has 0 amide bonds. The Balaban J connectivity index is 1.58. The van der Waals surface area contributed by atoms with Gasteiger partial charge in [0.25, 0.3) is 0 Å². The minimum Gasteiger partial charge on any atom is -0.0654 e. The number of unbranched alkanes of at least 4 members (excludes halogenated alkanes) is 64. The van der Waals surface area contributed by atoms with E-state index in [0.717, 1.165) is 5.92 Å². The molecule has 0 aromatic heterocycles. The summed E-state index contributed by atoms with van der Waals surface area (Å²) >= 11 is 0. The van der Waals surface area contributed by atoms with Crippen molar-refractivity contribution in [2.24, 2.45) is 5.92 Å². The van der Waals surface area contributed by atoms with Gasteiger partial charge >= 0.3 is 0 Å². The largest absolute Gasteiger partial charge is 0.0654 e. The van der Waals surface area contributed by atoms with E-state index in [1.54, 1.807) is 19.3 Å². The fourth-order valence-electron chi connectivity index (χ4n) is 13.1. The van der Waals surface area contributed by atoms with Crippen LogP contribution in [0.3, 0.4) is 0 Å². The summed E-state index contributed by atoms with van der Waals surface area (Å²) in [7, 11) is 0. The standard InChI is InChI=1S/C73H146/c1-2-3-4-5-6-7-8-9-10-11-12-13-14-15-16-17-18-19-20-21-22-23-24-25-26-27-28-29-30-31-32-33-34-35-36-37-38-39-40-41-42-43-44-45-46-47-48-49-50-51-52-53-54-55-56-57-58-59-60-61-62-63-64-65-67-70-73-71-68-66-69-72-73/h73H,2-72H2,1H3. The van der Waals surface area contributed by atoms with Crippen molar-refractivity contribution in [2.45, 2.75) is 463 Å². The topological polar surface area (TPSA) is 0 Å². The first-order chi connectivity index (χ1) is 36.4. The van der Waals surface area contributed by atoms with E-state index in [0.29, 0.717) is 0 Å². The van der Waals surface area contributed by atoms with E-state index >= 15 is 0 Å². The second-order valence-corrected chi connectivity index (χ2v) is 25.9. The van der Waals surface area contributed by atoms with Gasteiger partial charge in [-0.15, -0.1) is 0 Å². The first kappa shape index (κ1) is 71.0. The lowest BCUT2D eigenvalue weighted by atomic mass is 9.85. The Hall–Kier alpha value is 0. The third-order valence-corrected chi connectivity index (χ3v) is 18.4. The Morgan fingerprint density at radius 2 is 0.274 bits per heavy atom. The molecule has 0 nitrogen and oxygen atoms in total. The molecule has 0 aliphatic heterocycles. The molecule has 73 heavy (non-hydrogen) atoms. The van der Waals surface area contributed by atoms with Crippen LogP contribution in [-0.2, 0) is 0 Å². The average molecular weight is 1020 g/mol. The monoisotopic (exact) mass is 1020 g/mol. The van der Waals surface area contributed by atoms with Crippen LogP contribution in [0.5, 0.6) is 0 Å². The highest BCUT2D eigenvalue weighted by molar-refractivity contribution is 4.66. The number of hydrogen-bond donors (Lipinski definition) is 0. The fraction of sp³-hybridized carbons (Fsp3) is 1.00. The zero-order valence-electron chi connectivity index (χ0n) is 51.8. The summed E-state index contributed by atoms with van der Waals surface area (Å²) in [5, 5.41) is 0. The average Bonchev–Trinajstić information content (AvgIpc) is 3.41. The molecule has 0 atom stereocenters. The third kappa shape index (κ3) is 62.7. The minimum absolute atomic E-state index is 1.10. The molecule has 0 unspecified atom stereocenters. The quantitative estimate of drug-likeness (QED) is 0.0533. The highest BCUT2D eigenvalue weighted by Gasteiger charge is 2.12. The highest BCUT2D eigenvalue weighted by Crippen LogP contribution is 2.28. The van der Waals surface area contributed by atoms with E-state index in [2.05, 4.69) is 6.92 Å². The minimum atomic E-state index is 1.10. The van der Waals surface area contributed by atoms with Gasteiger partial charge in [0, 0.05) is 0 Å². The van der Waals surface area contributed by atoms with E-state index in [1.807, 2.05) is 0 Å². The summed E-state index contributed by atoms with van der Waals surface area (Å²) in [5.74, 6) is 1.10. The lowest BCUT2D eigenvalue weighted by Crippen LogP contribution is -2.05. The van der Waals surface area contributed by atoms with Gasteiger partial charge in [0.05, 0.1) is 0 Å². The van der Waals surface area contributed by atoms with Gasteiger partial charge in [0.15, 0.2) is 0 Å². The van der Waals surface area contributed by atoms with Gasteiger partial charge in [-0.1, -0.05) is 463 Å². The highest BCUT2D eigenvalue weighted by atomic mass is 14.2. The Labute approximate surface area is 466 Å². The molecule has 0 bridgehead atoms. The summed E-state index contributed by atoms with van der Waals surface area (Å²) < 4.78 is 0. The second kappa shape index (κ2) is 66.3. The maximum absolute atomic E-state index is 2.32. The Morgan fingerprint density at radius 3 is 0.411 bits per heavy atom. The van der Waals surface area contributed by atoms with Crippen molar-refractivity contribution in [1.82, 2.24) is 0 Å². The van der Waals surface area contributed by atoms with Crippen LogP contribution in [0.15, 0.2) is 0 Å². The van der Waals surface area contributed by atoms with Crippen molar-refractivity contribution in [1.29, 1.82) is 0 Å². The summed E-state index contributed by atoms with van der Waals surface area (Å²) in [6.45, 7) is 2.32. The van der Waals surface area contributed by atoms with Crippen LogP contribution < -0.4 is 0 Å². The van der Waals surface area contributed by atoms with Gasteiger partial charge in [-0.25, -0.2) is 0 Å². The van der Waals surface area contributed by atoms with Gasteiger partial charge in [-0.05, 0) is 5.92 Å². The Bertz CT molecular complexity index is 913. The third-order valence-electron chi connectivity index (χ3n) is 18.4. The number of rotatable bonds is 66. The van der Waals surface area contributed by atoms with E-state index in [1.165, 1.54) is 437 Å². The van der Waals surface area contributed by atoms with Gasteiger partial charge in [0.2, 0.25) is 0 Å². The van der Waals surface area contributed by atoms with Gasteiger partial charge < -0.3 is 0 Å². The molecule has 0 heterocycles. The lowest BCUT2D eigenvalue weighted by Gasteiger charge is -2.21. The van der Waals surface area contributed by atoms with Crippen molar-refractivity contribution < 1.29 is 0 Å². The van der Waals surface area contributed by atoms with E-state index < -0.39 is 0 Å². The van der Waals surface area contributed by atoms with Gasteiger partial charge in [0.1, 0.15) is 0 Å². The van der Waals surface area contributed by atoms with Crippen LogP contribution in [0.4, 0.5) is 0 Å². The molecule has 1 fully saturated rings. The van der Waals surface area contributed by atoms with Crippen LogP contribution in [0, 0.1) is 5.92 Å². The van der Waals surface area contributed by atoms with Crippen molar-refractivity contribution in [3.05, 3.63) is 0 Å². The number of hydrogen-bond acceptors (Lipinski definition) is 0. The van der Waals surface area contributed by atoms with Crippen LogP contribution in [0.2, 0.25) is 0 Å². The Kier molecular flexibility index (Phi) is 64.5. The normalized spacial score (nSPS) is 13.3. The van der Waals surface area contributed by atoms with E-state index in [-0.39, 0.29) is 0 Å². The predicted octanol–water partition coefficient (Wildman–Crippen LogP) is 28.3. The van der Waals surface area contributed by atoms with Crippen LogP contribution in [-0.4, -0.2) is 0 Å². The molecule has 0 heteroatoms. The van der Waals surface area contributed by atoms with E-state index in [4.69, 9.17) is 0 Å². The molecule has 1 rings (SSSR count). The maximum atomic E-state index is 2.32. The first-order valence-corrected chi connectivity index (χ1v) is 36.4. The molecule has 1 saturated carbocycles. The molecule has 0 saturated heterocycles. The zero-order chi connectivity index (χ0) is 51.8. The van der Waals surface area contributed by atoms with Gasteiger partial charge in [-0.3, -0.25) is 0 Å². The molecule has 1 aliphatic rings. The van der Waals surface area contributed by atoms with Crippen molar-refractivity contribution in [3.8, 4) is 0 Å². The molecular formula is C73H146. The molecule has 0 N–H and O–H groups in total. The maximum Gasteiger partial charge on any atom is -0.0414 e.